The highest BCUT2D eigenvalue weighted by Crippen LogP contribution is 2.34. The number of halogens is 1. The molecule has 1 aromatic carbocycles. The van der Waals surface area contributed by atoms with Gasteiger partial charge < -0.3 is 9.47 Å². The molecule has 0 bridgehead atoms. The van der Waals surface area contributed by atoms with Crippen LogP contribution in [0.1, 0.15) is 19.4 Å². The first-order valence-electron chi connectivity index (χ1n) is 5.77. The number of benzene rings is 1. The molecule has 0 saturated heterocycles. The van der Waals surface area contributed by atoms with Gasteiger partial charge in [0.25, 0.3) is 0 Å². The van der Waals surface area contributed by atoms with Crippen LogP contribution in [0.2, 0.25) is 0 Å². The van der Waals surface area contributed by atoms with Crippen LogP contribution >= 0.6 is 22.6 Å². The highest BCUT2D eigenvalue weighted by Gasteiger charge is 2.11. The van der Waals surface area contributed by atoms with E-state index in [1.54, 1.807) is 6.07 Å². The lowest BCUT2D eigenvalue weighted by atomic mass is 10.1. The monoisotopic (exact) mass is 368 g/mol. The summed E-state index contributed by atoms with van der Waals surface area (Å²) in [5, 5.41) is 17.5. The largest absolute Gasteiger partial charge is 0.490 e. The van der Waals surface area contributed by atoms with Gasteiger partial charge in [0, 0.05) is 0 Å². The number of nitrogens with zero attached hydrogens (tertiary/aromatic N) is 2. The van der Waals surface area contributed by atoms with Crippen molar-refractivity contribution in [3.8, 4) is 23.6 Å². The molecular weight excluding hydrogens is 355 g/mol. The van der Waals surface area contributed by atoms with Crippen molar-refractivity contribution < 1.29 is 9.47 Å². The first-order valence-corrected chi connectivity index (χ1v) is 6.85. The molecule has 1 rings (SSSR count). The topological polar surface area (TPSA) is 66.0 Å². The van der Waals surface area contributed by atoms with E-state index in [4.69, 9.17) is 20.0 Å². The van der Waals surface area contributed by atoms with Crippen molar-refractivity contribution in [3.63, 3.8) is 0 Å². The Hall–Kier alpha value is -1.73. The van der Waals surface area contributed by atoms with Gasteiger partial charge in [-0.15, -0.1) is 0 Å². The zero-order valence-corrected chi connectivity index (χ0v) is 12.9. The highest BCUT2D eigenvalue weighted by molar-refractivity contribution is 14.1. The van der Waals surface area contributed by atoms with Gasteiger partial charge in [0.05, 0.1) is 16.8 Å². The summed E-state index contributed by atoms with van der Waals surface area (Å²) >= 11 is 2.15. The second-order valence-corrected chi connectivity index (χ2v) is 4.64. The van der Waals surface area contributed by atoms with E-state index in [9.17, 15) is 0 Å². The standard InChI is InChI=1S/C14H13IN2O2/c1-3-18-13-7-10(5-11(8-16)9-17)6-12(15)14(13)19-4-2/h5-7H,3-4H2,1-2H3. The predicted molar refractivity (Wildman–Crippen MR) is 80.7 cm³/mol. The number of hydrogen-bond donors (Lipinski definition) is 0. The fraction of sp³-hybridized carbons (Fsp3) is 0.286. The van der Waals surface area contributed by atoms with E-state index in [0.717, 1.165) is 9.13 Å². The molecule has 0 saturated carbocycles. The van der Waals surface area contributed by atoms with Crippen LogP contribution in [-0.4, -0.2) is 13.2 Å². The molecule has 0 radical (unpaired) electrons. The van der Waals surface area contributed by atoms with Gasteiger partial charge in [-0.3, -0.25) is 0 Å². The maximum atomic E-state index is 8.77. The molecule has 5 heteroatoms. The van der Waals surface area contributed by atoms with E-state index in [2.05, 4.69) is 22.6 Å². The molecule has 0 amide bonds. The minimum Gasteiger partial charge on any atom is -0.490 e. The summed E-state index contributed by atoms with van der Waals surface area (Å²) in [5.41, 5.74) is 0.803. The Morgan fingerprint density at radius 3 is 2.37 bits per heavy atom. The maximum Gasteiger partial charge on any atom is 0.174 e. The number of hydrogen-bond acceptors (Lipinski definition) is 4. The van der Waals surface area contributed by atoms with Gasteiger partial charge in [-0.1, -0.05) is 0 Å². The van der Waals surface area contributed by atoms with Crippen molar-refractivity contribution in [2.45, 2.75) is 13.8 Å². The summed E-state index contributed by atoms with van der Waals surface area (Å²) in [4.78, 5) is 0. The summed E-state index contributed by atoms with van der Waals surface area (Å²) in [7, 11) is 0. The smallest absolute Gasteiger partial charge is 0.174 e. The van der Waals surface area contributed by atoms with Crippen LogP contribution in [0.5, 0.6) is 11.5 Å². The number of rotatable bonds is 5. The number of ether oxygens (including phenoxy) is 2. The van der Waals surface area contributed by atoms with Gasteiger partial charge in [0.2, 0.25) is 0 Å². The molecule has 0 fully saturated rings. The summed E-state index contributed by atoms with van der Waals surface area (Å²) in [5.74, 6) is 1.32. The predicted octanol–water partition coefficient (Wildman–Crippen LogP) is 3.52. The molecule has 0 aliphatic rings. The fourth-order valence-electron chi connectivity index (χ4n) is 1.47. The average Bonchev–Trinajstić information content (AvgIpc) is 2.40. The van der Waals surface area contributed by atoms with Crippen molar-refractivity contribution in [1.82, 2.24) is 0 Å². The van der Waals surface area contributed by atoms with Gasteiger partial charge in [-0.25, -0.2) is 0 Å². The van der Waals surface area contributed by atoms with Crippen molar-refractivity contribution in [2.24, 2.45) is 0 Å². The summed E-state index contributed by atoms with van der Waals surface area (Å²) < 4.78 is 12.0. The third-order valence-corrected chi connectivity index (χ3v) is 2.97. The molecule has 0 aromatic heterocycles. The molecule has 0 atom stereocenters. The van der Waals surface area contributed by atoms with Gasteiger partial charge in [-0.05, 0) is 60.2 Å². The van der Waals surface area contributed by atoms with Crippen LogP contribution in [0.4, 0.5) is 0 Å². The van der Waals surface area contributed by atoms with Crippen LogP contribution in [0.3, 0.4) is 0 Å². The van der Waals surface area contributed by atoms with Gasteiger partial charge in [0.1, 0.15) is 17.7 Å². The second-order valence-electron chi connectivity index (χ2n) is 3.48. The van der Waals surface area contributed by atoms with Crippen molar-refractivity contribution in [3.05, 3.63) is 26.8 Å². The lowest BCUT2D eigenvalue weighted by Gasteiger charge is -2.13. The molecule has 0 aliphatic heterocycles. The molecule has 19 heavy (non-hydrogen) atoms. The van der Waals surface area contributed by atoms with Crippen LogP contribution in [-0.2, 0) is 0 Å². The van der Waals surface area contributed by atoms with E-state index in [1.165, 1.54) is 6.08 Å². The molecule has 0 heterocycles. The van der Waals surface area contributed by atoms with E-state index in [1.807, 2.05) is 32.1 Å². The normalized spacial score (nSPS) is 9.11. The molecule has 4 nitrogen and oxygen atoms in total. The van der Waals surface area contributed by atoms with Gasteiger partial charge >= 0.3 is 0 Å². The zero-order valence-electron chi connectivity index (χ0n) is 10.7. The van der Waals surface area contributed by atoms with Crippen LogP contribution < -0.4 is 9.47 Å². The van der Waals surface area contributed by atoms with E-state index >= 15 is 0 Å². The third kappa shape index (κ3) is 4.15. The van der Waals surface area contributed by atoms with Crippen molar-refractivity contribution >= 4 is 28.7 Å². The Bertz CT molecular complexity index is 552. The number of nitriles is 2. The van der Waals surface area contributed by atoms with Crippen LogP contribution in [0.15, 0.2) is 17.7 Å². The molecule has 0 aliphatic carbocycles. The number of allylic oxidation sites excluding steroid dienone is 1. The SMILES string of the molecule is CCOc1cc(C=C(C#N)C#N)cc(I)c1OCC. The summed E-state index contributed by atoms with van der Waals surface area (Å²) in [6, 6.07) is 7.29. The van der Waals surface area contributed by atoms with Crippen LogP contribution in [0.25, 0.3) is 6.08 Å². The second kappa shape index (κ2) is 7.65. The molecule has 1 aromatic rings. The summed E-state index contributed by atoms with van der Waals surface area (Å²) in [6.45, 7) is 4.86. The maximum absolute atomic E-state index is 8.77. The lowest BCUT2D eigenvalue weighted by molar-refractivity contribution is 0.286. The Morgan fingerprint density at radius 2 is 1.84 bits per heavy atom. The minimum atomic E-state index is 0.0578. The minimum absolute atomic E-state index is 0.0578. The van der Waals surface area contributed by atoms with E-state index < -0.39 is 0 Å². The molecule has 0 N–H and O–H groups in total. The highest BCUT2D eigenvalue weighted by atomic mass is 127. The van der Waals surface area contributed by atoms with Gasteiger partial charge in [-0.2, -0.15) is 10.5 Å². The third-order valence-electron chi connectivity index (χ3n) is 2.17. The van der Waals surface area contributed by atoms with Crippen molar-refractivity contribution in [1.29, 1.82) is 10.5 Å². The zero-order chi connectivity index (χ0) is 14.3. The van der Waals surface area contributed by atoms with Gasteiger partial charge in [0.15, 0.2) is 11.5 Å². The fourth-order valence-corrected chi connectivity index (χ4v) is 2.26. The Morgan fingerprint density at radius 1 is 1.21 bits per heavy atom. The van der Waals surface area contributed by atoms with Crippen LogP contribution in [0, 0.1) is 26.2 Å². The molecular formula is C14H13IN2O2. The summed E-state index contributed by atoms with van der Waals surface area (Å²) in [6.07, 6.45) is 1.53. The lowest BCUT2D eigenvalue weighted by Crippen LogP contribution is -2.00. The van der Waals surface area contributed by atoms with E-state index in [0.29, 0.717) is 24.7 Å². The van der Waals surface area contributed by atoms with E-state index in [-0.39, 0.29) is 5.57 Å². The first-order chi connectivity index (χ1) is 9.15. The Balaban J connectivity index is 3.29. The molecule has 0 spiro atoms. The molecule has 0 unspecified atom stereocenters. The Kier molecular flexibility index (Phi) is 6.17. The first kappa shape index (κ1) is 15.3. The quantitative estimate of drug-likeness (QED) is 0.589. The average molecular weight is 368 g/mol. The molecule has 98 valence electrons. The Labute approximate surface area is 126 Å². The van der Waals surface area contributed by atoms with Crippen molar-refractivity contribution in [2.75, 3.05) is 13.2 Å².